The summed E-state index contributed by atoms with van der Waals surface area (Å²) in [6.07, 6.45) is -1.91. The summed E-state index contributed by atoms with van der Waals surface area (Å²) in [5.74, 6) is -0.222. The van der Waals surface area contributed by atoms with E-state index in [0.29, 0.717) is 56.0 Å². The van der Waals surface area contributed by atoms with Crippen LogP contribution in [0.4, 0.5) is 13.2 Å². The summed E-state index contributed by atoms with van der Waals surface area (Å²) in [6.45, 7) is 1.51. The first-order chi connectivity index (χ1) is 14.3. The van der Waals surface area contributed by atoms with Gasteiger partial charge in [-0.05, 0) is 48.9 Å². The van der Waals surface area contributed by atoms with Crippen LogP contribution in [0.1, 0.15) is 42.4 Å². The molecule has 1 saturated carbocycles. The van der Waals surface area contributed by atoms with Gasteiger partial charge in [-0.15, -0.1) is 0 Å². The van der Waals surface area contributed by atoms with Crippen molar-refractivity contribution in [3.63, 3.8) is 0 Å². The fourth-order valence-electron chi connectivity index (χ4n) is 4.38. The average molecular weight is 438 g/mol. The molecule has 1 amide bonds. The number of ether oxygens (including phenoxy) is 1. The lowest BCUT2D eigenvalue weighted by molar-refractivity contribution is -0.137. The third-order valence-electron chi connectivity index (χ3n) is 6.41. The Morgan fingerprint density at radius 2 is 1.73 bits per heavy atom. The normalized spacial score (nSPS) is 19.9. The number of carbonyl (C=O) groups excluding carboxylic acids is 1. The second-order valence-electron chi connectivity index (χ2n) is 8.22. The van der Waals surface area contributed by atoms with Crippen molar-refractivity contribution in [2.45, 2.75) is 42.7 Å². The Kier molecular flexibility index (Phi) is 5.58. The highest BCUT2D eigenvalue weighted by Gasteiger charge is 2.52. The molecule has 2 aliphatic rings. The molecule has 4 rings (SSSR count). The summed E-state index contributed by atoms with van der Waals surface area (Å²) in [7, 11) is 0. The van der Waals surface area contributed by atoms with Gasteiger partial charge in [0.25, 0.3) is 0 Å². The molecule has 2 fully saturated rings. The number of nitrogens with one attached hydrogen (secondary N) is 1. The lowest BCUT2D eigenvalue weighted by Gasteiger charge is -2.38. The summed E-state index contributed by atoms with van der Waals surface area (Å²) in [6, 6.07) is 12.7. The van der Waals surface area contributed by atoms with E-state index >= 15 is 0 Å². The van der Waals surface area contributed by atoms with Gasteiger partial charge in [-0.1, -0.05) is 48.0 Å². The Morgan fingerprint density at radius 3 is 2.37 bits per heavy atom. The van der Waals surface area contributed by atoms with E-state index in [1.54, 1.807) is 6.07 Å². The maximum atomic E-state index is 13.1. The van der Waals surface area contributed by atoms with Gasteiger partial charge in [0.15, 0.2) is 0 Å². The molecule has 1 heterocycles. The standard InChI is InChI=1S/C23H23ClF3NO2/c24-19-7-2-1-6-18(19)21(10-12-30-13-11-21)15-28-20(29)22(8-9-22)16-4-3-5-17(14-16)23(25,26)27/h1-7,14H,8-13,15H2,(H,28,29). The van der Waals surface area contributed by atoms with Crippen LogP contribution in [-0.2, 0) is 26.5 Å². The smallest absolute Gasteiger partial charge is 0.381 e. The van der Waals surface area contributed by atoms with Crippen LogP contribution in [0.25, 0.3) is 0 Å². The number of carbonyl (C=O) groups is 1. The van der Waals surface area contributed by atoms with Gasteiger partial charge in [0.05, 0.1) is 11.0 Å². The first-order valence-electron chi connectivity index (χ1n) is 10.1. The number of hydrogen-bond acceptors (Lipinski definition) is 2. The summed E-state index contributed by atoms with van der Waals surface area (Å²) in [4.78, 5) is 13.1. The van der Waals surface area contributed by atoms with Gasteiger partial charge < -0.3 is 10.1 Å². The molecule has 7 heteroatoms. The van der Waals surface area contributed by atoms with Gasteiger partial charge in [0.2, 0.25) is 5.91 Å². The molecule has 30 heavy (non-hydrogen) atoms. The minimum atomic E-state index is -4.43. The molecule has 1 aliphatic heterocycles. The Bertz CT molecular complexity index is 934. The van der Waals surface area contributed by atoms with Gasteiger partial charge in [0.1, 0.15) is 0 Å². The highest BCUT2D eigenvalue weighted by Crippen LogP contribution is 2.49. The van der Waals surface area contributed by atoms with Gasteiger partial charge in [-0.2, -0.15) is 13.2 Å². The fraction of sp³-hybridized carbons (Fsp3) is 0.435. The highest BCUT2D eigenvalue weighted by molar-refractivity contribution is 6.31. The molecule has 2 aromatic rings. The SMILES string of the molecule is O=C(NCC1(c2ccccc2Cl)CCOCC1)C1(c2cccc(C(F)(F)F)c2)CC1. The van der Waals surface area contributed by atoms with Crippen molar-refractivity contribution in [1.29, 1.82) is 0 Å². The van der Waals surface area contributed by atoms with Crippen LogP contribution in [-0.4, -0.2) is 25.7 Å². The second-order valence-corrected chi connectivity index (χ2v) is 8.62. The van der Waals surface area contributed by atoms with Crippen molar-refractivity contribution in [2.75, 3.05) is 19.8 Å². The Balaban J connectivity index is 1.55. The largest absolute Gasteiger partial charge is 0.416 e. The lowest BCUT2D eigenvalue weighted by Crippen LogP contribution is -2.47. The van der Waals surface area contributed by atoms with Gasteiger partial charge >= 0.3 is 6.18 Å². The minimum Gasteiger partial charge on any atom is -0.381 e. The zero-order valence-electron chi connectivity index (χ0n) is 16.4. The zero-order valence-corrected chi connectivity index (χ0v) is 17.2. The molecule has 3 nitrogen and oxygen atoms in total. The Hall–Kier alpha value is -2.05. The van der Waals surface area contributed by atoms with E-state index in [-0.39, 0.29) is 11.3 Å². The molecule has 0 radical (unpaired) electrons. The van der Waals surface area contributed by atoms with E-state index < -0.39 is 17.2 Å². The molecular weight excluding hydrogens is 415 g/mol. The molecule has 0 bridgehead atoms. The van der Waals surface area contributed by atoms with E-state index in [2.05, 4.69) is 5.32 Å². The molecular formula is C23H23ClF3NO2. The average Bonchev–Trinajstić information content (AvgIpc) is 3.55. The molecule has 0 atom stereocenters. The monoisotopic (exact) mass is 437 g/mol. The number of halogens is 4. The fourth-order valence-corrected chi connectivity index (χ4v) is 4.71. The number of hydrogen-bond donors (Lipinski definition) is 1. The van der Waals surface area contributed by atoms with Crippen molar-refractivity contribution < 1.29 is 22.7 Å². The molecule has 160 valence electrons. The van der Waals surface area contributed by atoms with Gasteiger partial charge in [0, 0.05) is 30.2 Å². The number of rotatable bonds is 5. The number of alkyl halides is 3. The maximum Gasteiger partial charge on any atom is 0.416 e. The zero-order chi connectivity index (χ0) is 21.4. The predicted octanol–water partition coefficient (Wildman–Crippen LogP) is 5.26. The molecule has 1 N–H and O–H groups in total. The summed E-state index contributed by atoms with van der Waals surface area (Å²) < 4.78 is 44.9. The second kappa shape index (κ2) is 7.89. The third kappa shape index (κ3) is 3.95. The summed E-state index contributed by atoms with van der Waals surface area (Å²) in [5.41, 5.74) is -0.562. The number of benzene rings is 2. The highest BCUT2D eigenvalue weighted by atomic mass is 35.5. The Labute approximate surface area is 178 Å². The summed E-state index contributed by atoms with van der Waals surface area (Å²) >= 11 is 6.46. The van der Waals surface area contributed by atoms with Crippen LogP contribution in [0, 0.1) is 0 Å². The van der Waals surface area contributed by atoms with E-state index in [4.69, 9.17) is 16.3 Å². The Morgan fingerprint density at radius 1 is 1.03 bits per heavy atom. The number of amides is 1. The molecule has 1 aliphatic carbocycles. The molecule has 0 unspecified atom stereocenters. The topological polar surface area (TPSA) is 38.3 Å². The minimum absolute atomic E-state index is 0.222. The molecule has 0 aromatic heterocycles. The first kappa shape index (κ1) is 21.2. The van der Waals surface area contributed by atoms with Gasteiger partial charge in [-0.25, -0.2) is 0 Å². The van der Waals surface area contributed by atoms with Crippen LogP contribution >= 0.6 is 11.6 Å². The summed E-state index contributed by atoms with van der Waals surface area (Å²) in [5, 5.41) is 3.69. The molecule has 1 saturated heterocycles. The van der Waals surface area contributed by atoms with Crippen LogP contribution in [0.15, 0.2) is 48.5 Å². The first-order valence-corrected chi connectivity index (χ1v) is 10.4. The van der Waals surface area contributed by atoms with E-state index in [9.17, 15) is 18.0 Å². The quantitative estimate of drug-likeness (QED) is 0.693. The van der Waals surface area contributed by atoms with Crippen LogP contribution in [0.3, 0.4) is 0 Å². The van der Waals surface area contributed by atoms with Gasteiger partial charge in [-0.3, -0.25) is 4.79 Å². The van der Waals surface area contributed by atoms with E-state index in [1.165, 1.54) is 6.07 Å². The predicted molar refractivity (Wildman–Crippen MR) is 109 cm³/mol. The van der Waals surface area contributed by atoms with Crippen LogP contribution in [0.5, 0.6) is 0 Å². The van der Waals surface area contributed by atoms with Crippen molar-refractivity contribution in [3.8, 4) is 0 Å². The maximum absolute atomic E-state index is 13.1. The molecule has 0 spiro atoms. The third-order valence-corrected chi connectivity index (χ3v) is 6.74. The van der Waals surface area contributed by atoms with E-state index in [1.807, 2.05) is 24.3 Å². The van der Waals surface area contributed by atoms with Crippen molar-refractivity contribution >= 4 is 17.5 Å². The van der Waals surface area contributed by atoms with E-state index in [0.717, 1.165) is 17.7 Å². The van der Waals surface area contributed by atoms with Crippen molar-refractivity contribution in [3.05, 3.63) is 70.2 Å². The van der Waals surface area contributed by atoms with Crippen LogP contribution < -0.4 is 5.32 Å². The van der Waals surface area contributed by atoms with Crippen molar-refractivity contribution in [1.82, 2.24) is 5.32 Å². The molecule has 2 aromatic carbocycles. The lowest BCUT2D eigenvalue weighted by atomic mass is 9.74. The van der Waals surface area contributed by atoms with Crippen molar-refractivity contribution in [2.24, 2.45) is 0 Å². The van der Waals surface area contributed by atoms with Crippen LogP contribution in [0.2, 0.25) is 5.02 Å².